The Morgan fingerprint density at radius 2 is 1.85 bits per heavy atom. The lowest BCUT2D eigenvalue weighted by Crippen LogP contribution is -2.31. The van der Waals surface area contributed by atoms with Gasteiger partial charge < -0.3 is 10.1 Å². The van der Waals surface area contributed by atoms with E-state index in [1.807, 2.05) is 6.07 Å². The van der Waals surface area contributed by atoms with E-state index >= 15 is 0 Å². The molecule has 1 N–H and O–H groups in total. The molecule has 3 aromatic rings. The Morgan fingerprint density at radius 3 is 2.58 bits per heavy atom. The van der Waals surface area contributed by atoms with Crippen molar-refractivity contribution in [2.75, 3.05) is 13.2 Å². The molecule has 0 saturated heterocycles. The molecule has 0 aliphatic heterocycles. The molecule has 0 bridgehead atoms. The van der Waals surface area contributed by atoms with Gasteiger partial charge in [-0.25, -0.2) is 4.68 Å². The smallest absolute Gasteiger partial charge is 0.274 e. The Hall–Kier alpha value is -2.86. The number of hydrogen-bond donors (Lipinski definition) is 1. The average molecular weight is 372 g/mol. The zero-order chi connectivity index (χ0) is 18.5. The zero-order valence-corrected chi connectivity index (χ0v) is 15.0. The minimum absolute atomic E-state index is 0.0928. The molecule has 0 aliphatic rings. The maximum absolute atomic E-state index is 12.2. The third-order valence-electron chi connectivity index (χ3n) is 3.87. The molecule has 0 saturated carbocycles. The predicted molar refractivity (Wildman–Crippen MR) is 101 cm³/mol. The molecule has 0 unspecified atom stereocenters. The first-order valence-electron chi connectivity index (χ1n) is 8.14. The van der Waals surface area contributed by atoms with Crippen LogP contribution in [0.5, 0.6) is 5.75 Å². The largest absolute Gasteiger partial charge is 0.492 e. The molecule has 0 spiro atoms. The normalized spacial score (nSPS) is 10.7. The Bertz CT molecular complexity index is 983. The van der Waals surface area contributed by atoms with Crippen molar-refractivity contribution in [2.24, 2.45) is 7.05 Å². The van der Waals surface area contributed by atoms with Crippen LogP contribution in [0.1, 0.15) is 5.69 Å². The van der Waals surface area contributed by atoms with E-state index in [1.165, 1.54) is 4.68 Å². The summed E-state index contributed by atoms with van der Waals surface area (Å²) < 4.78 is 6.79. The van der Waals surface area contributed by atoms with Gasteiger partial charge in [-0.2, -0.15) is 5.10 Å². The first kappa shape index (κ1) is 17.9. The summed E-state index contributed by atoms with van der Waals surface area (Å²) in [6, 6.07) is 14.2. The summed E-state index contributed by atoms with van der Waals surface area (Å²) in [5.41, 5.74) is 0.389. The molecule has 7 heteroatoms. The van der Waals surface area contributed by atoms with Crippen molar-refractivity contribution in [3.8, 4) is 5.75 Å². The summed E-state index contributed by atoms with van der Waals surface area (Å²) in [5, 5.41) is 8.91. The van der Waals surface area contributed by atoms with Gasteiger partial charge in [-0.3, -0.25) is 9.59 Å². The van der Waals surface area contributed by atoms with E-state index in [4.69, 9.17) is 16.3 Å². The molecule has 0 aliphatic carbocycles. The molecule has 0 fully saturated rings. The van der Waals surface area contributed by atoms with Gasteiger partial charge in [0.05, 0.1) is 24.0 Å². The molecular weight excluding hydrogens is 354 g/mol. The summed E-state index contributed by atoms with van der Waals surface area (Å²) in [7, 11) is 1.58. The number of aryl methyl sites for hydroxylation is 1. The SMILES string of the molecule is Cn1nc(CC(=O)NCCOc2ccc(Cl)cc2)c2ccccc2c1=O. The Balaban J connectivity index is 1.58. The fraction of sp³-hybridized carbons (Fsp3) is 0.211. The van der Waals surface area contributed by atoms with Crippen molar-refractivity contribution in [3.63, 3.8) is 0 Å². The van der Waals surface area contributed by atoms with Crippen molar-refractivity contribution in [2.45, 2.75) is 6.42 Å². The second-order valence-corrected chi connectivity index (χ2v) is 6.19. The second kappa shape index (κ2) is 8.01. The zero-order valence-electron chi connectivity index (χ0n) is 14.2. The number of aromatic nitrogens is 2. The van der Waals surface area contributed by atoms with Crippen LogP contribution in [0.4, 0.5) is 0 Å². The van der Waals surface area contributed by atoms with E-state index in [0.29, 0.717) is 40.4 Å². The van der Waals surface area contributed by atoms with Crippen LogP contribution in [-0.2, 0) is 18.3 Å². The predicted octanol–water partition coefficient (Wildman–Crippen LogP) is 2.32. The molecule has 0 radical (unpaired) electrons. The van der Waals surface area contributed by atoms with Crippen molar-refractivity contribution in [1.82, 2.24) is 15.1 Å². The summed E-state index contributed by atoms with van der Waals surface area (Å²) in [4.78, 5) is 24.3. The molecule has 1 amide bonds. The highest BCUT2D eigenvalue weighted by atomic mass is 35.5. The Morgan fingerprint density at radius 1 is 1.15 bits per heavy atom. The van der Waals surface area contributed by atoms with E-state index in [2.05, 4.69) is 10.4 Å². The number of nitrogens with zero attached hydrogens (tertiary/aromatic N) is 2. The van der Waals surface area contributed by atoms with E-state index < -0.39 is 0 Å². The maximum Gasteiger partial charge on any atom is 0.274 e. The number of halogens is 1. The van der Waals surface area contributed by atoms with Crippen LogP contribution in [0.2, 0.25) is 5.02 Å². The Labute approximate surface area is 155 Å². The lowest BCUT2D eigenvalue weighted by molar-refractivity contribution is -0.120. The number of rotatable bonds is 6. The number of benzene rings is 2. The molecule has 6 nitrogen and oxygen atoms in total. The monoisotopic (exact) mass is 371 g/mol. The number of nitrogens with one attached hydrogen (secondary N) is 1. The number of ether oxygens (including phenoxy) is 1. The van der Waals surface area contributed by atoms with Crippen molar-refractivity contribution in [1.29, 1.82) is 0 Å². The van der Waals surface area contributed by atoms with Crippen LogP contribution < -0.4 is 15.6 Å². The van der Waals surface area contributed by atoms with Gasteiger partial charge in [-0.15, -0.1) is 0 Å². The van der Waals surface area contributed by atoms with Crippen LogP contribution in [-0.4, -0.2) is 28.8 Å². The first-order chi connectivity index (χ1) is 12.5. The first-order valence-corrected chi connectivity index (χ1v) is 8.52. The average Bonchev–Trinajstić information content (AvgIpc) is 2.64. The fourth-order valence-corrected chi connectivity index (χ4v) is 2.74. The highest BCUT2D eigenvalue weighted by Gasteiger charge is 2.12. The van der Waals surface area contributed by atoms with Crippen LogP contribution in [0.3, 0.4) is 0 Å². The van der Waals surface area contributed by atoms with Gasteiger partial charge in [0.1, 0.15) is 12.4 Å². The van der Waals surface area contributed by atoms with Crippen LogP contribution in [0.15, 0.2) is 53.3 Å². The minimum Gasteiger partial charge on any atom is -0.492 e. The van der Waals surface area contributed by atoms with E-state index in [0.717, 1.165) is 0 Å². The van der Waals surface area contributed by atoms with Gasteiger partial charge in [0.25, 0.3) is 5.56 Å². The summed E-state index contributed by atoms with van der Waals surface area (Å²) in [6.07, 6.45) is 0.0928. The topological polar surface area (TPSA) is 73.2 Å². The van der Waals surface area contributed by atoms with Gasteiger partial charge in [-0.05, 0) is 30.3 Å². The molecule has 3 rings (SSSR count). The Kier molecular flexibility index (Phi) is 5.53. The number of hydrogen-bond acceptors (Lipinski definition) is 4. The van der Waals surface area contributed by atoms with Gasteiger partial charge in [-0.1, -0.05) is 29.8 Å². The molecule has 26 heavy (non-hydrogen) atoms. The summed E-state index contributed by atoms with van der Waals surface area (Å²) in [5.74, 6) is 0.510. The van der Waals surface area contributed by atoms with Gasteiger partial charge in [0.15, 0.2) is 0 Å². The number of carbonyl (C=O) groups excluding carboxylic acids is 1. The van der Waals surface area contributed by atoms with Gasteiger partial charge in [0, 0.05) is 17.5 Å². The molecule has 2 aromatic carbocycles. The van der Waals surface area contributed by atoms with E-state index in [-0.39, 0.29) is 17.9 Å². The molecule has 134 valence electrons. The minimum atomic E-state index is -0.180. The fourth-order valence-electron chi connectivity index (χ4n) is 2.61. The third-order valence-corrected chi connectivity index (χ3v) is 4.12. The number of amides is 1. The van der Waals surface area contributed by atoms with Crippen molar-refractivity contribution in [3.05, 3.63) is 69.6 Å². The summed E-state index contributed by atoms with van der Waals surface area (Å²) >= 11 is 5.81. The van der Waals surface area contributed by atoms with Crippen molar-refractivity contribution < 1.29 is 9.53 Å². The van der Waals surface area contributed by atoms with E-state index in [1.54, 1.807) is 49.5 Å². The quantitative estimate of drug-likeness (QED) is 0.675. The van der Waals surface area contributed by atoms with Gasteiger partial charge in [0.2, 0.25) is 5.91 Å². The molecule has 1 heterocycles. The van der Waals surface area contributed by atoms with Gasteiger partial charge >= 0.3 is 0 Å². The molecule has 1 aromatic heterocycles. The van der Waals surface area contributed by atoms with Crippen molar-refractivity contribution >= 4 is 28.3 Å². The van der Waals surface area contributed by atoms with E-state index in [9.17, 15) is 9.59 Å². The van der Waals surface area contributed by atoms with Crippen LogP contribution in [0.25, 0.3) is 10.8 Å². The molecule has 0 atom stereocenters. The second-order valence-electron chi connectivity index (χ2n) is 5.75. The highest BCUT2D eigenvalue weighted by molar-refractivity contribution is 6.30. The lowest BCUT2D eigenvalue weighted by atomic mass is 10.1. The lowest BCUT2D eigenvalue weighted by Gasteiger charge is -2.10. The highest BCUT2D eigenvalue weighted by Crippen LogP contribution is 2.15. The number of fused-ring (bicyclic) bond motifs is 1. The third kappa shape index (κ3) is 4.21. The number of carbonyl (C=O) groups is 1. The maximum atomic E-state index is 12.2. The standard InChI is InChI=1S/C19H18ClN3O3/c1-23-19(25)16-5-3-2-4-15(16)17(22-23)12-18(24)21-10-11-26-14-8-6-13(20)7-9-14/h2-9H,10-12H2,1H3,(H,21,24). The summed E-state index contributed by atoms with van der Waals surface area (Å²) in [6.45, 7) is 0.708. The molecular formula is C19H18ClN3O3. The van der Waals surface area contributed by atoms with Crippen LogP contribution in [0, 0.1) is 0 Å². The van der Waals surface area contributed by atoms with Crippen LogP contribution >= 0.6 is 11.6 Å².